The third kappa shape index (κ3) is 2.29. The van der Waals surface area contributed by atoms with Crippen molar-refractivity contribution < 1.29 is 18.4 Å². The molecule has 0 aromatic rings. The molecule has 1 aliphatic heterocycles. The second kappa shape index (κ2) is 4.97. The first-order valence-corrected chi connectivity index (χ1v) is 7.45. The highest BCUT2D eigenvalue weighted by molar-refractivity contribution is 6.00. The highest BCUT2D eigenvalue weighted by atomic mass is 19.3. The van der Waals surface area contributed by atoms with Crippen LogP contribution < -0.4 is 5.32 Å². The summed E-state index contributed by atoms with van der Waals surface area (Å²) in [5.41, 5.74) is -0.907. The standard InChI is InChI=1S/C14H20F2N2O2/c15-10(16)8-18-11(9-4-5-9)12(19)17-14(13(18)20)6-2-1-3-7-14/h9-11H,1-8H2,(H,17,19). The molecule has 1 unspecified atom stereocenters. The molecule has 0 aromatic heterocycles. The smallest absolute Gasteiger partial charge is 0.255 e. The molecular weight excluding hydrogens is 266 g/mol. The first-order chi connectivity index (χ1) is 9.53. The van der Waals surface area contributed by atoms with Gasteiger partial charge >= 0.3 is 0 Å². The van der Waals surface area contributed by atoms with E-state index < -0.39 is 24.6 Å². The van der Waals surface area contributed by atoms with Gasteiger partial charge in [0.25, 0.3) is 6.43 Å². The van der Waals surface area contributed by atoms with Gasteiger partial charge in [-0.1, -0.05) is 19.3 Å². The fraction of sp³-hybridized carbons (Fsp3) is 0.857. The maximum atomic E-state index is 12.8. The topological polar surface area (TPSA) is 49.4 Å². The van der Waals surface area contributed by atoms with Crippen LogP contribution in [0.3, 0.4) is 0 Å². The van der Waals surface area contributed by atoms with Gasteiger partial charge in [0.1, 0.15) is 11.6 Å². The van der Waals surface area contributed by atoms with Crippen molar-refractivity contribution in [1.82, 2.24) is 10.2 Å². The van der Waals surface area contributed by atoms with Gasteiger partial charge in [-0.3, -0.25) is 9.59 Å². The van der Waals surface area contributed by atoms with E-state index in [2.05, 4.69) is 5.32 Å². The van der Waals surface area contributed by atoms with Crippen LogP contribution in [0.15, 0.2) is 0 Å². The molecule has 3 rings (SSSR count). The molecule has 0 aromatic carbocycles. The van der Waals surface area contributed by atoms with Crippen molar-refractivity contribution in [2.75, 3.05) is 6.54 Å². The minimum Gasteiger partial charge on any atom is -0.340 e. The average molecular weight is 286 g/mol. The predicted octanol–water partition coefficient (Wildman–Crippen LogP) is 1.69. The van der Waals surface area contributed by atoms with Gasteiger partial charge < -0.3 is 10.2 Å². The Morgan fingerprint density at radius 1 is 1.20 bits per heavy atom. The first kappa shape index (κ1) is 13.8. The highest BCUT2D eigenvalue weighted by Gasteiger charge is 2.54. The fourth-order valence-electron chi connectivity index (χ4n) is 3.63. The third-order valence-electron chi connectivity index (χ3n) is 4.75. The molecule has 0 radical (unpaired) electrons. The van der Waals surface area contributed by atoms with Gasteiger partial charge in [-0.15, -0.1) is 0 Å². The average Bonchev–Trinajstić information content (AvgIpc) is 3.21. The second-order valence-electron chi connectivity index (χ2n) is 6.26. The summed E-state index contributed by atoms with van der Waals surface area (Å²) in [6.07, 6.45) is 3.02. The van der Waals surface area contributed by atoms with Crippen LogP contribution in [0.25, 0.3) is 0 Å². The summed E-state index contributed by atoms with van der Waals surface area (Å²) in [6, 6.07) is -0.677. The van der Waals surface area contributed by atoms with E-state index in [1.165, 1.54) is 4.90 Å². The van der Waals surface area contributed by atoms with Crippen LogP contribution in [0.5, 0.6) is 0 Å². The molecule has 2 saturated carbocycles. The molecule has 2 amide bonds. The Kier molecular flexibility index (Phi) is 3.42. The quantitative estimate of drug-likeness (QED) is 0.858. The van der Waals surface area contributed by atoms with Gasteiger partial charge in [-0.2, -0.15) is 0 Å². The Morgan fingerprint density at radius 2 is 1.85 bits per heavy atom. The lowest BCUT2D eigenvalue weighted by molar-refractivity contribution is -0.159. The van der Waals surface area contributed by atoms with Crippen molar-refractivity contribution >= 4 is 11.8 Å². The van der Waals surface area contributed by atoms with Gasteiger partial charge in [0, 0.05) is 0 Å². The van der Waals surface area contributed by atoms with E-state index in [4.69, 9.17) is 0 Å². The molecule has 3 aliphatic rings. The molecule has 2 aliphatic carbocycles. The molecule has 1 saturated heterocycles. The number of hydrogen-bond donors (Lipinski definition) is 1. The molecule has 3 fully saturated rings. The van der Waals surface area contributed by atoms with E-state index in [-0.39, 0.29) is 17.7 Å². The summed E-state index contributed by atoms with van der Waals surface area (Å²) >= 11 is 0. The molecular formula is C14H20F2N2O2. The molecule has 1 spiro atoms. The van der Waals surface area contributed by atoms with E-state index in [0.29, 0.717) is 12.8 Å². The van der Waals surface area contributed by atoms with Gasteiger partial charge in [-0.05, 0) is 31.6 Å². The molecule has 20 heavy (non-hydrogen) atoms. The number of halogens is 2. The van der Waals surface area contributed by atoms with E-state index >= 15 is 0 Å². The summed E-state index contributed by atoms with van der Waals surface area (Å²) in [7, 11) is 0. The molecule has 0 bridgehead atoms. The van der Waals surface area contributed by atoms with E-state index in [0.717, 1.165) is 32.1 Å². The monoisotopic (exact) mass is 286 g/mol. The minimum atomic E-state index is -2.59. The summed E-state index contributed by atoms with van der Waals surface area (Å²) < 4.78 is 25.6. The van der Waals surface area contributed by atoms with Crippen LogP contribution in [0, 0.1) is 5.92 Å². The molecule has 1 atom stereocenters. The van der Waals surface area contributed by atoms with E-state index in [1.54, 1.807) is 0 Å². The zero-order valence-electron chi connectivity index (χ0n) is 11.4. The van der Waals surface area contributed by atoms with Crippen molar-refractivity contribution in [3.63, 3.8) is 0 Å². The first-order valence-electron chi connectivity index (χ1n) is 7.45. The number of piperazine rings is 1. The zero-order valence-corrected chi connectivity index (χ0v) is 11.4. The molecule has 1 heterocycles. The zero-order chi connectivity index (χ0) is 14.3. The molecule has 112 valence electrons. The van der Waals surface area contributed by atoms with Crippen molar-refractivity contribution in [2.45, 2.75) is 63.0 Å². The fourth-order valence-corrected chi connectivity index (χ4v) is 3.63. The molecule has 1 N–H and O–H groups in total. The van der Waals surface area contributed by atoms with Crippen LogP contribution in [0.2, 0.25) is 0 Å². The highest BCUT2D eigenvalue weighted by Crippen LogP contribution is 2.41. The van der Waals surface area contributed by atoms with Crippen molar-refractivity contribution in [3.05, 3.63) is 0 Å². The maximum Gasteiger partial charge on any atom is 0.255 e. The number of hydrogen-bond acceptors (Lipinski definition) is 2. The second-order valence-corrected chi connectivity index (χ2v) is 6.26. The van der Waals surface area contributed by atoms with Gasteiger partial charge in [0.05, 0.1) is 6.54 Å². The molecule has 4 nitrogen and oxygen atoms in total. The van der Waals surface area contributed by atoms with Crippen molar-refractivity contribution in [1.29, 1.82) is 0 Å². The number of amides is 2. The Labute approximate surface area is 116 Å². The lowest BCUT2D eigenvalue weighted by Gasteiger charge is -2.47. The Balaban J connectivity index is 1.87. The summed E-state index contributed by atoms with van der Waals surface area (Å²) in [6.45, 7) is -0.616. The van der Waals surface area contributed by atoms with Gasteiger partial charge in [-0.25, -0.2) is 8.78 Å². The molecule has 6 heteroatoms. The van der Waals surface area contributed by atoms with Crippen LogP contribution >= 0.6 is 0 Å². The van der Waals surface area contributed by atoms with Crippen molar-refractivity contribution in [2.24, 2.45) is 5.92 Å². The van der Waals surface area contributed by atoms with Gasteiger partial charge in [0.2, 0.25) is 11.8 Å². The van der Waals surface area contributed by atoms with Gasteiger partial charge in [0.15, 0.2) is 0 Å². The minimum absolute atomic E-state index is 0.0682. The summed E-state index contributed by atoms with van der Waals surface area (Å²) in [5, 5.41) is 2.88. The van der Waals surface area contributed by atoms with Crippen LogP contribution in [0.4, 0.5) is 8.78 Å². The van der Waals surface area contributed by atoms with E-state index in [1.807, 2.05) is 0 Å². The van der Waals surface area contributed by atoms with E-state index in [9.17, 15) is 18.4 Å². The SMILES string of the molecule is O=C1NC2(CCCCC2)C(=O)N(CC(F)F)C1C1CC1. The number of nitrogens with one attached hydrogen (secondary N) is 1. The van der Waals surface area contributed by atoms with Crippen LogP contribution in [0.1, 0.15) is 44.9 Å². The predicted molar refractivity (Wildman–Crippen MR) is 68.2 cm³/mol. The number of carbonyl (C=O) groups excluding carboxylic acids is 2. The Morgan fingerprint density at radius 3 is 2.40 bits per heavy atom. The largest absolute Gasteiger partial charge is 0.340 e. The lowest BCUT2D eigenvalue weighted by atomic mass is 9.78. The third-order valence-corrected chi connectivity index (χ3v) is 4.75. The van der Waals surface area contributed by atoms with Crippen molar-refractivity contribution in [3.8, 4) is 0 Å². The summed E-state index contributed by atoms with van der Waals surface area (Å²) in [4.78, 5) is 26.2. The normalized spacial score (nSPS) is 29.9. The Bertz CT molecular complexity index is 417. The Hall–Kier alpha value is -1.20. The number of alkyl halides is 2. The maximum absolute atomic E-state index is 12.8. The summed E-state index contributed by atoms with van der Waals surface area (Å²) in [5.74, 6) is -0.442. The lowest BCUT2D eigenvalue weighted by Crippen LogP contribution is -2.71. The number of carbonyl (C=O) groups is 2. The van der Waals surface area contributed by atoms with Crippen LogP contribution in [-0.2, 0) is 9.59 Å². The van der Waals surface area contributed by atoms with Crippen LogP contribution in [-0.4, -0.2) is 41.3 Å². The number of nitrogens with zero attached hydrogens (tertiary/aromatic N) is 1. The number of rotatable bonds is 3.